The molecule has 0 aromatic carbocycles. The molecule has 3 nitrogen and oxygen atoms in total. The molecule has 0 aliphatic rings. The molecule has 0 N–H and O–H groups in total. The number of hydrogen-bond acceptors (Lipinski definition) is 2. The van der Waals surface area contributed by atoms with Gasteiger partial charge in [-0.2, -0.15) is 5.11 Å². The lowest BCUT2D eigenvalue weighted by molar-refractivity contribution is -0.155. The highest BCUT2D eigenvalue weighted by Crippen LogP contribution is 1.78. The summed E-state index contributed by atoms with van der Waals surface area (Å²) in [6.07, 6.45) is -1.26. The molecule has 0 aromatic heterocycles. The summed E-state index contributed by atoms with van der Waals surface area (Å²) in [5.74, 6) is 0. The molecular formula is C4H7O3. The lowest BCUT2D eigenvalue weighted by Gasteiger charge is -1.95. The number of rotatable bonds is 3. The van der Waals surface area contributed by atoms with Crippen LogP contribution in [0.1, 0.15) is 6.92 Å². The number of carbonyl (C=O) groups excluding carboxylic acids is 1. The first kappa shape index (κ1) is 6.59. The van der Waals surface area contributed by atoms with E-state index in [0.29, 0.717) is 6.61 Å². The van der Waals surface area contributed by atoms with Crippen LogP contribution in [0.2, 0.25) is 0 Å². The van der Waals surface area contributed by atoms with E-state index in [1.807, 2.05) is 0 Å². The van der Waals surface area contributed by atoms with E-state index in [9.17, 15) is 9.90 Å². The van der Waals surface area contributed by atoms with E-state index >= 15 is 0 Å². The van der Waals surface area contributed by atoms with E-state index in [1.165, 1.54) is 0 Å². The van der Waals surface area contributed by atoms with Crippen molar-refractivity contribution in [3.8, 4) is 0 Å². The summed E-state index contributed by atoms with van der Waals surface area (Å²) in [6, 6.07) is 0. The molecule has 0 spiro atoms. The summed E-state index contributed by atoms with van der Waals surface area (Å²) in [6.45, 7) is 1.96. The second-order valence-electron chi connectivity index (χ2n) is 0.960. The van der Waals surface area contributed by atoms with Gasteiger partial charge in [0, 0.05) is 6.61 Å². The van der Waals surface area contributed by atoms with Crippen LogP contribution in [0.4, 0.5) is 0 Å². The third-order valence-corrected chi connectivity index (χ3v) is 0.442. The maximum atomic E-state index is 9.90. The van der Waals surface area contributed by atoms with Crippen molar-refractivity contribution in [3.63, 3.8) is 0 Å². The zero-order valence-electron chi connectivity index (χ0n) is 4.09. The highest BCUT2D eigenvalue weighted by Gasteiger charge is 1.97. The van der Waals surface area contributed by atoms with Crippen LogP contribution in [0, 0.1) is 0 Å². The van der Waals surface area contributed by atoms with Crippen molar-refractivity contribution < 1.29 is 14.6 Å². The van der Waals surface area contributed by atoms with Crippen LogP contribution in [0.5, 0.6) is 0 Å². The van der Waals surface area contributed by atoms with E-state index in [-0.39, 0.29) is 6.29 Å². The minimum atomic E-state index is -1.48. The number of carbonyl (C=O) groups is 1. The number of aldehydes is 1. The predicted octanol–water partition coefficient (Wildman–Crippen LogP) is -0.0216. The van der Waals surface area contributed by atoms with Gasteiger partial charge in [-0.3, -0.25) is 4.79 Å². The normalized spacial score (nSPS) is 13.4. The van der Waals surface area contributed by atoms with E-state index < -0.39 is 6.29 Å². The Labute approximate surface area is 41.9 Å². The third kappa shape index (κ3) is 3.42. The molecule has 0 aromatic rings. The first-order chi connectivity index (χ1) is 3.31. The van der Waals surface area contributed by atoms with Crippen molar-refractivity contribution in [1.29, 1.82) is 0 Å². The molecule has 3 heteroatoms. The van der Waals surface area contributed by atoms with E-state index in [2.05, 4.69) is 4.74 Å². The van der Waals surface area contributed by atoms with Gasteiger partial charge < -0.3 is 4.74 Å². The molecule has 0 aliphatic heterocycles. The first-order valence-corrected chi connectivity index (χ1v) is 2.04. The van der Waals surface area contributed by atoms with Crippen molar-refractivity contribution in [2.45, 2.75) is 13.2 Å². The molecule has 0 saturated heterocycles. The Balaban J connectivity index is 2.98. The summed E-state index contributed by atoms with van der Waals surface area (Å²) in [5, 5.41) is 9.90. The van der Waals surface area contributed by atoms with Gasteiger partial charge in [0.05, 0.1) is 0 Å². The molecule has 0 heterocycles. The van der Waals surface area contributed by atoms with Crippen LogP contribution in [0.15, 0.2) is 0 Å². The minimum Gasteiger partial charge on any atom is -0.344 e. The number of ether oxygens (including phenoxy) is 1. The summed E-state index contributed by atoms with van der Waals surface area (Å²) in [5.41, 5.74) is 0. The Hall–Kier alpha value is -0.410. The molecule has 0 bridgehead atoms. The zero-order chi connectivity index (χ0) is 5.70. The Morgan fingerprint density at radius 2 is 2.43 bits per heavy atom. The van der Waals surface area contributed by atoms with Gasteiger partial charge in [0.1, 0.15) is 0 Å². The maximum absolute atomic E-state index is 9.90. The SMILES string of the molecule is CCOC([O])C=O. The quantitative estimate of drug-likeness (QED) is 0.372. The molecule has 41 valence electrons. The molecule has 0 rings (SSSR count). The van der Waals surface area contributed by atoms with Gasteiger partial charge >= 0.3 is 0 Å². The van der Waals surface area contributed by atoms with Crippen molar-refractivity contribution in [3.05, 3.63) is 0 Å². The fourth-order valence-electron chi connectivity index (χ4n) is 0.204. The minimum absolute atomic E-state index is 0.226. The van der Waals surface area contributed by atoms with Crippen LogP contribution in [-0.2, 0) is 14.6 Å². The summed E-state index contributed by atoms with van der Waals surface area (Å²) in [4.78, 5) is 9.46. The fourth-order valence-corrected chi connectivity index (χ4v) is 0.204. The second kappa shape index (κ2) is 3.77. The van der Waals surface area contributed by atoms with Gasteiger partial charge in [-0.1, -0.05) is 0 Å². The molecular weight excluding hydrogens is 96.0 g/mol. The molecule has 1 radical (unpaired) electrons. The van der Waals surface area contributed by atoms with E-state index in [1.54, 1.807) is 6.92 Å². The molecule has 0 amide bonds. The lowest BCUT2D eigenvalue weighted by atomic mass is 10.7. The molecule has 7 heavy (non-hydrogen) atoms. The Morgan fingerprint density at radius 1 is 1.86 bits per heavy atom. The molecule has 1 atom stereocenters. The highest BCUT2D eigenvalue weighted by molar-refractivity contribution is 5.53. The smallest absolute Gasteiger partial charge is 0.247 e. The summed E-state index contributed by atoms with van der Waals surface area (Å²) >= 11 is 0. The fraction of sp³-hybridized carbons (Fsp3) is 0.750. The van der Waals surface area contributed by atoms with E-state index in [4.69, 9.17) is 0 Å². The third-order valence-electron chi connectivity index (χ3n) is 0.442. The lowest BCUT2D eigenvalue weighted by Crippen LogP contribution is -2.10. The monoisotopic (exact) mass is 103 g/mol. The average Bonchev–Trinajstić information content (AvgIpc) is 1.68. The van der Waals surface area contributed by atoms with Crippen LogP contribution in [0.25, 0.3) is 0 Å². The van der Waals surface area contributed by atoms with Crippen molar-refractivity contribution in [2.24, 2.45) is 0 Å². The van der Waals surface area contributed by atoms with Gasteiger partial charge in [0.25, 0.3) is 0 Å². The van der Waals surface area contributed by atoms with Crippen LogP contribution >= 0.6 is 0 Å². The predicted molar refractivity (Wildman–Crippen MR) is 22.2 cm³/mol. The molecule has 1 unspecified atom stereocenters. The standard InChI is InChI=1S/C4H7O3/c1-2-7-4(6)3-5/h3-4H,2H2,1H3. The topological polar surface area (TPSA) is 46.2 Å². The molecule has 0 fully saturated rings. The van der Waals surface area contributed by atoms with E-state index in [0.717, 1.165) is 0 Å². The van der Waals surface area contributed by atoms with Crippen LogP contribution < -0.4 is 0 Å². The Morgan fingerprint density at radius 3 is 2.57 bits per heavy atom. The van der Waals surface area contributed by atoms with Crippen LogP contribution in [-0.4, -0.2) is 19.2 Å². The second-order valence-corrected chi connectivity index (χ2v) is 0.960. The Kier molecular flexibility index (Phi) is 3.55. The average molecular weight is 103 g/mol. The molecule has 0 aliphatic carbocycles. The zero-order valence-corrected chi connectivity index (χ0v) is 4.09. The number of hydrogen-bond donors (Lipinski definition) is 0. The maximum Gasteiger partial charge on any atom is 0.247 e. The van der Waals surface area contributed by atoms with Gasteiger partial charge in [-0.05, 0) is 6.92 Å². The van der Waals surface area contributed by atoms with Crippen LogP contribution in [0.3, 0.4) is 0 Å². The van der Waals surface area contributed by atoms with Crippen molar-refractivity contribution in [1.82, 2.24) is 0 Å². The molecule has 0 saturated carbocycles. The van der Waals surface area contributed by atoms with Gasteiger partial charge in [0.15, 0.2) is 6.29 Å². The van der Waals surface area contributed by atoms with Gasteiger partial charge in [0.2, 0.25) is 6.29 Å². The largest absolute Gasteiger partial charge is 0.344 e. The highest BCUT2D eigenvalue weighted by atomic mass is 16.6. The van der Waals surface area contributed by atoms with Gasteiger partial charge in [-0.15, -0.1) is 0 Å². The summed E-state index contributed by atoms with van der Waals surface area (Å²) in [7, 11) is 0. The van der Waals surface area contributed by atoms with Crippen molar-refractivity contribution >= 4 is 6.29 Å². The summed E-state index contributed by atoms with van der Waals surface area (Å²) < 4.78 is 4.27. The first-order valence-electron chi connectivity index (χ1n) is 2.04. The van der Waals surface area contributed by atoms with Gasteiger partial charge in [-0.25, -0.2) is 0 Å². The Bertz CT molecular complexity index is 52.9. The van der Waals surface area contributed by atoms with Crippen molar-refractivity contribution in [2.75, 3.05) is 6.61 Å².